The zero-order valence-electron chi connectivity index (χ0n) is 48.8. The van der Waals surface area contributed by atoms with Gasteiger partial charge in [0, 0.05) is 79.9 Å². The molecule has 0 spiro atoms. The van der Waals surface area contributed by atoms with Gasteiger partial charge in [0.2, 0.25) is 47.3 Å². The molecule has 20 nitrogen and oxygen atoms in total. The fraction of sp³-hybridized carbons (Fsp3) is 0.719. The quantitative estimate of drug-likeness (QED) is 0.306. The number of hydrogen-bond donors (Lipinski definition) is 3. The van der Waals surface area contributed by atoms with Crippen LogP contribution in [0.1, 0.15) is 133 Å². The summed E-state index contributed by atoms with van der Waals surface area (Å²) < 4.78 is 6.06. The van der Waals surface area contributed by atoms with Crippen molar-refractivity contribution < 1.29 is 57.8 Å². The molecule has 9 atom stereocenters. The minimum atomic E-state index is -1.38. The molecule has 0 aromatic heterocycles. The Balaban J connectivity index is 2.19. The Bertz CT molecular complexity index is 2210. The Morgan fingerprint density at radius 1 is 0.688 bits per heavy atom. The molecule has 2 fully saturated rings. The minimum absolute atomic E-state index is 0.0334. The Hall–Kier alpha value is -5.76. The summed E-state index contributed by atoms with van der Waals surface area (Å²) >= 11 is 0. The fourth-order valence-corrected chi connectivity index (χ4v) is 9.80. The number of amides is 8. The van der Waals surface area contributed by atoms with E-state index in [4.69, 9.17) is 4.74 Å². The number of hydrogen-bond acceptors (Lipinski definition) is 12. The number of nitrogens with one attached hydrogen (secondary N) is 2. The van der Waals surface area contributed by atoms with Crippen molar-refractivity contribution in [2.75, 3.05) is 61.5 Å². The van der Waals surface area contributed by atoms with Crippen LogP contribution in [0.2, 0.25) is 0 Å². The van der Waals surface area contributed by atoms with E-state index in [1.807, 2.05) is 33.8 Å². The first-order valence-electron chi connectivity index (χ1n) is 27.5. The number of ether oxygens (including phenoxy) is 1. The van der Waals surface area contributed by atoms with Crippen LogP contribution in [0.25, 0.3) is 0 Å². The highest BCUT2D eigenvalue weighted by atomic mass is 16.5. The third-order valence-corrected chi connectivity index (χ3v) is 14.8. The molecular weight excluding hydrogens is 989 g/mol. The number of piperidine rings is 1. The van der Waals surface area contributed by atoms with Gasteiger partial charge in [0.1, 0.15) is 30.2 Å². The standard InChI is InChI=1S/C57H92N8O12/c1-35(2)28-44-48(68)32-42(39(7)66)55(75)60(11)33-50(70)62(13)45(29-36(3)4)51(71)59-43(34-77-57(8,9)10)47(67)31-41(54(74)65-26-20-17-21-27-65)24-25-49(69)58-37(5)52(72)61(12)38(6)53(73)64(15)46(56(76)63(44)14)30-40-22-18-16-19-23-40/h16,18-19,22-23,35-39,41-46,66H,17,20-21,24-34H2,1-15H3,(H,58,69)(H,59,71)/t37-,38-,39+,41+,42-,43-,44-,45-,46-/m0/s1. The van der Waals surface area contributed by atoms with Gasteiger partial charge in [-0.1, -0.05) is 58.0 Å². The summed E-state index contributed by atoms with van der Waals surface area (Å²) in [5.74, 6) is -8.46. The SMILES string of the molecule is CC(C)C[C@H]1C(=O)N[C@@H](COC(C)(C)C)C(=O)C[C@H](C(=O)N2CCCCC2)CCC(=O)N[C@@H](C)C(=O)N(C)[C@@H](C)C(=O)N(C)[C@@H](Cc2ccccc2)C(=O)N(C)[C@@H](CC(C)C)C(=O)C[C@@H]([C@@H](C)O)C(=O)N(C)CC(=O)N1C. The number of carbonyl (C=O) groups excluding carboxylic acids is 10. The van der Waals surface area contributed by atoms with Gasteiger partial charge < -0.3 is 49.9 Å². The summed E-state index contributed by atoms with van der Waals surface area (Å²) in [7, 11) is 7.08. The van der Waals surface area contributed by atoms with Crippen molar-refractivity contribution in [2.24, 2.45) is 23.7 Å². The van der Waals surface area contributed by atoms with Gasteiger partial charge in [-0.25, -0.2) is 0 Å². The van der Waals surface area contributed by atoms with Gasteiger partial charge in [0.25, 0.3) is 0 Å². The Morgan fingerprint density at radius 2 is 1.26 bits per heavy atom. The number of aliphatic hydroxyl groups excluding tert-OH is 1. The van der Waals surface area contributed by atoms with Crippen LogP contribution in [0.3, 0.4) is 0 Å². The molecule has 432 valence electrons. The van der Waals surface area contributed by atoms with Crippen LogP contribution in [0.5, 0.6) is 0 Å². The van der Waals surface area contributed by atoms with Crippen molar-refractivity contribution in [2.45, 2.75) is 181 Å². The second kappa shape index (κ2) is 29.8. The van der Waals surface area contributed by atoms with E-state index in [-0.39, 0.29) is 62.9 Å². The zero-order valence-corrected chi connectivity index (χ0v) is 48.8. The van der Waals surface area contributed by atoms with Crippen LogP contribution in [-0.2, 0) is 59.1 Å². The monoisotopic (exact) mass is 1080 g/mol. The first-order valence-corrected chi connectivity index (χ1v) is 27.5. The van der Waals surface area contributed by atoms with Gasteiger partial charge >= 0.3 is 0 Å². The molecule has 0 aliphatic carbocycles. The number of likely N-dealkylation sites (N-methyl/N-ethyl adjacent to an activating group) is 5. The van der Waals surface area contributed by atoms with Crippen molar-refractivity contribution in [3.8, 4) is 0 Å². The van der Waals surface area contributed by atoms with Gasteiger partial charge in [-0.05, 0) is 97.5 Å². The van der Waals surface area contributed by atoms with E-state index in [2.05, 4.69) is 10.6 Å². The van der Waals surface area contributed by atoms with Crippen molar-refractivity contribution >= 4 is 58.8 Å². The number of carbonyl (C=O) groups is 10. The van der Waals surface area contributed by atoms with Crippen molar-refractivity contribution in [1.82, 2.24) is 40.0 Å². The maximum absolute atomic E-state index is 14.9. The van der Waals surface area contributed by atoms with Gasteiger partial charge in [-0.3, -0.25) is 47.9 Å². The van der Waals surface area contributed by atoms with E-state index in [0.717, 1.165) is 24.2 Å². The van der Waals surface area contributed by atoms with Gasteiger partial charge in [-0.15, -0.1) is 0 Å². The Kier molecular flexibility index (Phi) is 25.4. The molecule has 3 rings (SSSR count). The van der Waals surface area contributed by atoms with E-state index >= 15 is 0 Å². The molecule has 2 heterocycles. The number of rotatable bonds is 10. The van der Waals surface area contributed by atoms with Crippen molar-refractivity contribution in [3.63, 3.8) is 0 Å². The maximum Gasteiger partial charge on any atom is 0.246 e. The number of Topliss-reactive ketones (excluding diaryl/α,β-unsaturated/α-hetero) is 2. The number of ketones is 2. The molecule has 1 aromatic carbocycles. The van der Waals surface area contributed by atoms with E-state index in [1.54, 1.807) is 49.9 Å². The molecule has 3 N–H and O–H groups in total. The molecule has 2 saturated heterocycles. The largest absolute Gasteiger partial charge is 0.393 e. The lowest BCUT2D eigenvalue weighted by atomic mass is 9.89. The number of nitrogens with zero attached hydrogens (tertiary/aromatic N) is 6. The normalized spacial score (nSPS) is 26.4. The molecule has 0 radical (unpaired) electrons. The predicted molar refractivity (Wildman–Crippen MR) is 291 cm³/mol. The second-order valence-electron chi connectivity index (χ2n) is 23.3. The van der Waals surface area contributed by atoms with Gasteiger partial charge in [0.15, 0.2) is 11.6 Å². The molecule has 20 heteroatoms. The summed E-state index contributed by atoms with van der Waals surface area (Å²) in [6.45, 7) is 17.2. The number of benzene rings is 1. The molecule has 8 amide bonds. The minimum Gasteiger partial charge on any atom is -0.393 e. The lowest BCUT2D eigenvalue weighted by Crippen LogP contribution is -2.58. The predicted octanol–water partition coefficient (Wildman–Crippen LogP) is 3.25. The Morgan fingerprint density at radius 3 is 1.82 bits per heavy atom. The summed E-state index contributed by atoms with van der Waals surface area (Å²) in [4.78, 5) is 151. The average Bonchev–Trinajstić information content (AvgIpc) is 3.37. The van der Waals surface area contributed by atoms with E-state index < -0.39 is 126 Å². The van der Waals surface area contributed by atoms with Crippen molar-refractivity contribution in [1.29, 1.82) is 0 Å². The first kappa shape index (κ1) is 65.5. The van der Waals surface area contributed by atoms with Gasteiger partial charge in [0.05, 0.1) is 36.8 Å². The summed E-state index contributed by atoms with van der Waals surface area (Å²) in [6, 6.07) is 1.96. The van der Waals surface area contributed by atoms with Crippen LogP contribution in [-0.4, -0.2) is 203 Å². The second-order valence-corrected chi connectivity index (χ2v) is 23.3. The third kappa shape index (κ3) is 19.6. The number of aliphatic hydroxyl groups is 1. The summed E-state index contributed by atoms with van der Waals surface area (Å²) in [5, 5.41) is 16.6. The topological polar surface area (TPSA) is 244 Å². The highest BCUT2D eigenvalue weighted by Gasteiger charge is 2.41. The van der Waals surface area contributed by atoms with Crippen molar-refractivity contribution in [3.05, 3.63) is 35.9 Å². The maximum atomic E-state index is 14.9. The molecular formula is C57H92N8O12. The molecule has 2 aliphatic rings. The van der Waals surface area contributed by atoms with Crippen LogP contribution in [0.15, 0.2) is 30.3 Å². The van der Waals surface area contributed by atoms with E-state index in [9.17, 15) is 53.1 Å². The Labute approximate surface area is 457 Å². The van der Waals surface area contributed by atoms with Crippen LogP contribution >= 0.6 is 0 Å². The van der Waals surface area contributed by atoms with E-state index in [1.165, 1.54) is 75.6 Å². The first-order chi connectivity index (χ1) is 35.9. The number of likely N-dealkylation sites (tertiary alicyclic amines) is 1. The highest BCUT2D eigenvalue weighted by molar-refractivity contribution is 5.98. The fourth-order valence-electron chi connectivity index (χ4n) is 9.80. The smallest absolute Gasteiger partial charge is 0.246 e. The molecule has 0 saturated carbocycles. The summed E-state index contributed by atoms with van der Waals surface area (Å²) in [5.41, 5.74) is -0.0501. The molecule has 77 heavy (non-hydrogen) atoms. The molecule has 2 aliphatic heterocycles. The van der Waals surface area contributed by atoms with Crippen LogP contribution < -0.4 is 10.6 Å². The van der Waals surface area contributed by atoms with Gasteiger partial charge in [-0.2, -0.15) is 0 Å². The molecule has 0 bridgehead atoms. The molecule has 1 aromatic rings. The lowest BCUT2D eigenvalue weighted by molar-refractivity contribution is -0.152. The highest BCUT2D eigenvalue weighted by Crippen LogP contribution is 2.25. The average molecular weight is 1080 g/mol. The van der Waals surface area contributed by atoms with Crippen LogP contribution in [0, 0.1) is 23.7 Å². The van der Waals surface area contributed by atoms with Crippen LogP contribution in [0.4, 0.5) is 0 Å². The van der Waals surface area contributed by atoms with E-state index in [0.29, 0.717) is 18.7 Å². The third-order valence-electron chi connectivity index (χ3n) is 14.8. The summed E-state index contributed by atoms with van der Waals surface area (Å²) in [6.07, 6.45) is 0.241. The zero-order chi connectivity index (χ0) is 58.2. The lowest BCUT2D eigenvalue weighted by Gasteiger charge is -2.37. The molecule has 0 unspecified atom stereocenters.